The lowest BCUT2D eigenvalue weighted by atomic mass is 10.2. The maximum Gasteiger partial charge on any atom is 0.338 e. The van der Waals surface area contributed by atoms with Gasteiger partial charge in [-0.3, -0.25) is 4.72 Å². The fourth-order valence-corrected chi connectivity index (χ4v) is 3.13. The van der Waals surface area contributed by atoms with Crippen molar-refractivity contribution in [3.63, 3.8) is 0 Å². The van der Waals surface area contributed by atoms with Gasteiger partial charge in [-0.2, -0.15) is 0 Å². The zero-order chi connectivity index (χ0) is 16.2. The molecule has 2 aromatic rings. The highest BCUT2D eigenvalue weighted by Gasteiger charge is 2.14. The van der Waals surface area contributed by atoms with Crippen LogP contribution >= 0.6 is 22.6 Å². The Labute approximate surface area is 142 Å². The lowest BCUT2D eigenvalue weighted by Crippen LogP contribution is -2.13. The van der Waals surface area contributed by atoms with Gasteiger partial charge >= 0.3 is 5.97 Å². The number of rotatable bonds is 5. The van der Waals surface area contributed by atoms with Crippen molar-refractivity contribution in [1.29, 1.82) is 0 Å². The molecule has 7 heteroatoms. The van der Waals surface area contributed by atoms with Gasteiger partial charge in [0.05, 0.1) is 17.1 Å². The van der Waals surface area contributed by atoms with E-state index in [9.17, 15) is 13.2 Å². The van der Waals surface area contributed by atoms with Gasteiger partial charge in [-0.15, -0.1) is 0 Å². The zero-order valence-corrected chi connectivity index (χ0v) is 14.7. The summed E-state index contributed by atoms with van der Waals surface area (Å²) in [6.45, 7) is 2.02. The Balaban J connectivity index is 2.16. The van der Waals surface area contributed by atoms with E-state index >= 15 is 0 Å². The fraction of sp³-hybridized carbons (Fsp3) is 0.133. The number of halogens is 1. The first kappa shape index (κ1) is 16.8. The second kappa shape index (κ2) is 7.10. The molecule has 0 saturated heterocycles. The number of nitrogens with one attached hydrogen (secondary N) is 1. The molecule has 5 nitrogen and oxygen atoms in total. The van der Waals surface area contributed by atoms with Crippen LogP contribution in [0.3, 0.4) is 0 Å². The third-order valence-corrected chi connectivity index (χ3v) is 4.89. The first-order valence-corrected chi connectivity index (χ1v) is 9.04. The van der Waals surface area contributed by atoms with Crippen molar-refractivity contribution in [3.8, 4) is 0 Å². The second-order valence-corrected chi connectivity index (χ2v) is 7.29. The number of anilines is 1. The standard InChI is InChI=1S/C15H14INO4S/c1-2-21-15(18)11-3-7-13(8-4-11)17-22(19,20)14-9-5-12(16)6-10-14/h3-10,17H,2H2,1H3. The molecule has 0 aliphatic rings. The molecular formula is C15H14INO4S. The highest BCUT2D eigenvalue weighted by atomic mass is 127. The summed E-state index contributed by atoms with van der Waals surface area (Å²) in [4.78, 5) is 11.7. The number of carbonyl (C=O) groups is 1. The average molecular weight is 431 g/mol. The Morgan fingerprint density at radius 3 is 2.23 bits per heavy atom. The van der Waals surface area contributed by atoms with Gasteiger partial charge in [-0.1, -0.05) is 0 Å². The minimum atomic E-state index is -3.64. The molecule has 0 bridgehead atoms. The Morgan fingerprint density at radius 1 is 1.09 bits per heavy atom. The number of hydrogen-bond donors (Lipinski definition) is 1. The molecule has 0 aromatic heterocycles. The zero-order valence-electron chi connectivity index (χ0n) is 11.7. The Kier molecular flexibility index (Phi) is 5.41. The Bertz CT molecular complexity index is 755. The molecule has 0 heterocycles. The first-order chi connectivity index (χ1) is 10.4. The van der Waals surface area contributed by atoms with E-state index in [1.165, 1.54) is 36.4 Å². The van der Waals surface area contributed by atoms with Gasteiger partial charge in [0.2, 0.25) is 0 Å². The van der Waals surface area contributed by atoms with E-state index < -0.39 is 16.0 Å². The maximum absolute atomic E-state index is 12.2. The fourth-order valence-electron chi connectivity index (χ4n) is 1.72. The van der Waals surface area contributed by atoms with Crippen molar-refractivity contribution >= 4 is 44.3 Å². The van der Waals surface area contributed by atoms with Gasteiger partial charge in [0.25, 0.3) is 10.0 Å². The summed E-state index contributed by atoms with van der Waals surface area (Å²) in [5, 5.41) is 0. The van der Waals surface area contributed by atoms with E-state index in [0.29, 0.717) is 17.9 Å². The lowest BCUT2D eigenvalue weighted by molar-refractivity contribution is 0.0526. The van der Waals surface area contributed by atoms with Crippen LogP contribution in [0.4, 0.5) is 5.69 Å². The molecule has 0 aliphatic heterocycles. The van der Waals surface area contributed by atoms with E-state index in [1.807, 2.05) is 0 Å². The van der Waals surface area contributed by atoms with Crippen molar-refractivity contribution in [1.82, 2.24) is 0 Å². The van der Waals surface area contributed by atoms with E-state index in [1.54, 1.807) is 19.1 Å². The highest BCUT2D eigenvalue weighted by Crippen LogP contribution is 2.18. The predicted molar refractivity (Wildman–Crippen MR) is 92.4 cm³/mol. The monoisotopic (exact) mass is 431 g/mol. The molecule has 0 amide bonds. The Hall–Kier alpha value is -1.61. The van der Waals surface area contributed by atoms with Crippen LogP contribution in [0.1, 0.15) is 17.3 Å². The number of benzene rings is 2. The van der Waals surface area contributed by atoms with E-state index in [4.69, 9.17) is 4.74 Å². The topological polar surface area (TPSA) is 72.5 Å². The number of carbonyl (C=O) groups excluding carboxylic acids is 1. The minimum Gasteiger partial charge on any atom is -0.462 e. The smallest absolute Gasteiger partial charge is 0.338 e. The van der Waals surface area contributed by atoms with Gasteiger partial charge in [0.1, 0.15) is 0 Å². The van der Waals surface area contributed by atoms with Crippen LogP contribution in [0.5, 0.6) is 0 Å². The SMILES string of the molecule is CCOC(=O)c1ccc(NS(=O)(=O)c2ccc(I)cc2)cc1. The van der Waals surface area contributed by atoms with Crippen LogP contribution in [0.2, 0.25) is 0 Å². The molecule has 2 aromatic carbocycles. The molecule has 0 atom stereocenters. The van der Waals surface area contributed by atoms with Crippen molar-refractivity contribution < 1.29 is 17.9 Å². The minimum absolute atomic E-state index is 0.183. The summed E-state index contributed by atoms with van der Waals surface area (Å²) in [5.74, 6) is -0.436. The van der Waals surface area contributed by atoms with E-state index in [0.717, 1.165) is 3.57 Å². The average Bonchev–Trinajstić information content (AvgIpc) is 2.48. The predicted octanol–water partition coefficient (Wildman–Crippen LogP) is 3.27. The molecule has 116 valence electrons. The van der Waals surface area contributed by atoms with Crippen molar-refractivity contribution in [2.45, 2.75) is 11.8 Å². The van der Waals surface area contributed by atoms with Gasteiger partial charge < -0.3 is 4.74 Å². The van der Waals surface area contributed by atoms with Gasteiger partial charge in [-0.05, 0) is 78.0 Å². The van der Waals surface area contributed by atoms with Crippen molar-refractivity contribution in [3.05, 3.63) is 57.7 Å². The van der Waals surface area contributed by atoms with Gasteiger partial charge in [0, 0.05) is 9.26 Å². The number of ether oxygens (including phenoxy) is 1. The molecule has 0 saturated carbocycles. The maximum atomic E-state index is 12.2. The van der Waals surface area contributed by atoms with Crippen molar-refractivity contribution in [2.24, 2.45) is 0 Å². The summed E-state index contributed by atoms with van der Waals surface area (Å²) in [7, 11) is -3.64. The Morgan fingerprint density at radius 2 is 1.68 bits per heavy atom. The van der Waals surface area contributed by atoms with Gasteiger partial charge in [0.15, 0.2) is 0 Å². The van der Waals surface area contributed by atoms with Crippen LogP contribution in [-0.4, -0.2) is 21.0 Å². The molecule has 0 spiro atoms. The number of hydrogen-bond acceptors (Lipinski definition) is 4. The van der Waals surface area contributed by atoms with Crippen LogP contribution < -0.4 is 4.72 Å². The molecule has 1 N–H and O–H groups in total. The van der Waals surface area contributed by atoms with Crippen LogP contribution in [0.25, 0.3) is 0 Å². The molecule has 0 radical (unpaired) electrons. The molecule has 2 rings (SSSR count). The molecule has 22 heavy (non-hydrogen) atoms. The first-order valence-electron chi connectivity index (χ1n) is 6.48. The summed E-state index contributed by atoms with van der Waals surface area (Å²) in [6.07, 6.45) is 0. The van der Waals surface area contributed by atoms with Crippen molar-refractivity contribution in [2.75, 3.05) is 11.3 Å². The lowest BCUT2D eigenvalue weighted by Gasteiger charge is -2.09. The summed E-state index contributed by atoms with van der Waals surface area (Å²) < 4.78 is 32.8. The number of esters is 1. The molecule has 0 fully saturated rings. The van der Waals surface area contributed by atoms with Gasteiger partial charge in [-0.25, -0.2) is 13.2 Å². The molecule has 0 aliphatic carbocycles. The number of sulfonamides is 1. The molecular weight excluding hydrogens is 417 g/mol. The van der Waals surface area contributed by atoms with Crippen LogP contribution in [0, 0.1) is 3.57 Å². The quantitative estimate of drug-likeness (QED) is 0.583. The summed E-state index contributed by atoms with van der Waals surface area (Å²) >= 11 is 2.11. The summed E-state index contributed by atoms with van der Waals surface area (Å²) in [5.41, 5.74) is 0.755. The largest absolute Gasteiger partial charge is 0.462 e. The van der Waals surface area contributed by atoms with E-state index in [-0.39, 0.29) is 4.90 Å². The van der Waals surface area contributed by atoms with E-state index in [2.05, 4.69) is 27.3 Å². The third kappa shape index (κ3) is 4.20. The molecule has 0 unspecified atom stereocenters. The van der Waals surface area contributed by atoms with Crippen LogP contribution in [0.15, 0.2) is 53.4 Å². The normalized spacial score (nSPS) is 11.0. The highest BCUT2D eigenvalue weighted by molar-refractivity contribution is 14.1. The second-order valence-electron chi connectivity index (χ2n) is 4.36. The summed E-state index contributed by atoms with van der Waals surface area (Å²) in [6, 6.07) is 12.6. The third-order valence-electron chi connectivity index (χ3n) is 2.77. The van der Waals surface area contributed by atoms with Crippen LogP contribution in [-0.2, 0) is 14.8 Å².